The number of thioether (sulfide) groups is 1. The van der Waals surface area contributed by atoms with Crippen LogP contribution in [0.3, 0.4) is 0 Å². The minimum atomic E-state index is -0.443. The monoisotopic (exact) mass is 340 g/mol. The zero-order valence-corrected chi connectivity index (χ0v) is 15.1. The zero-order valence-electron chi connectivity index (χ0n) is 14.3. The maximum absolute atomic E-state index is 12.5. The van der Waals surface area contributed by atoms with Crippen molar-refractivity contribution in [2.75, 3.05) is 11.6 Å². The van der Waals surface area contributed by atoms with E-state index in [4.69, 9.17) is 4.52 Å². The van der Waals surface area contributed by atoms with Gasteiger partial charge < -0.3 is 14.7 Å². The van der Waals surface area contributed by atoms with Gasteiger partial charge in [-0.1, -0.05) is 25.9 Å². The van der Waals surface area contributed by atoms with Gasteiger partial charge in [0.2, 0.25) is 17.7 Å². The Morgan fingerprint density at radius 1 is 1.48 bits per heavy atom. The largest absolute Gasteiger partial charge is 0.343 e. The van der Waals surface area contributed by atoms with Crippen molar-refractivity contribution < 1.29 is 14.1 Å². The maximum atomic E-state index is 12.5. The molecule has 1 N–H and O–H groups in total. The topological polar surface area (TPSA) is 88.3 Å². The second-order valence-electron chi connectivity index (χ2n) is 7.03. The molecule has 2 atom stereocenters. The molecule has 0 bridgehead atoms. The lowest BCUT2D eigenvalue weighted by Gasteiger charge is -2.27. The molecule has 0 aliphatic carbocycles. The molecule has 1 aliphatic rings. The molecule has 0 unspecified atom stereocenters. The van der Waals surface area contributed by atoms with E-state index >= 15 is 0 Å². The maximum Gasteiger partial charge on any atom is 0.248 e. The van der Waals surface area contributed by atoms with E-state index in [1.807, 2.05) is 20.8 Å². The molecule has 2 rings (SSSR count). The van der Waals surface area contributed by atoms with Crippen molar-refractivity contribution in [2.24, 2.45) is 5.41 Å². The number of hydrogen-bond donors (Lipinski definition) is 1. The lowest BCUT2D eigenvalue weighted by atomic mass is 9.91. The Labute approximate surface area is 140 Å². The van der Waals surface area contributed by atoms with Crippen molar-refractivity contribution >= 4 is 23.6 Å². The average molecular weight is 340 g/mol. The van der Waals surface area contributed by atoms with Gasteiger partial charge in [-0.2, -0.15) is 4.98 Å². The highest BCUT2D eigenvalue weighted by molar-refractivity contribution is 7.99. The third-order valence-electron chi connectivity index (χ3n) is 3.46. The molecule has 8 heteroatoms. The summed E-state index contributed by atoms with van der Waals surface area (Å²) in [4.78, 5) is 30.7. The molecule has 0 aromatic carbocycles. The van der Waals surface area contributed by atoms with E-state index < -0.39 is 6.04 Å². The van der Waals surface area contributed by atoms with Gasteiger partial charge in [-0.25, -0.2) is 0 Å². The first-order valence-electron chi connectivity index (χ1n) is 7.65. The number of aryl methyl sites for hydroxylation is 1. The molecule has 1 saturated heterocycles. The number of hydrogen-bond acceptors (Lipinski definition) is 6. The van der Waals surface area contributed by atoms with Crippen LogP contribution in [-0.4, -0.2) is 44.5 Å². The lowest BCUT2D eigenvalue weighted by Crippen LogP contribution is -2.48. The number of amides is 2. The summed E-state index contributed by atoms with van der Waals surface area (Å²) in [5, 5.41) is 6.58. The summed E-state index contributed by atoms with van der Waals surface area (Å²) < 4.78 is 5.07. The number of nitrogens with zero attached hydrogens (tertiary/aromatic N) is 3. The Morgan fingerprint density at radius 2 is 2.17 bits per heavy atom. The Bertz CT molecular complexity index is 582. The van der Waals surface area contributed by atoms with Gasteiger partial charge in [0.25, 0.3) is 0 Å². The van der Waals surface area contributed by atoms with Crippen LogP contribution < -0.4 is 5.32 Å². The van der Waals surface area contributed by atoms with E-state index in [2.05, 4.69) is 15.5 Å². The van der Waals surface area contributed by atoms with Crippen molar-refractivity contribution in [2.45, 2.75) is 53.1 Å². The van der Waals surface area contributed by atoms with Crippen LogP contribution in [0.2, 0.25) is 0 Å². The summed E-state index contributed by atoms with van der Waals surface area (Å²) in [5.74, 6) is 1.90. The van der Waals surface area contributed by atoms with Gasteiger partial charge in [0.15, 0.2) is 5.82 Å². The van der Waals surface area contributed by atoms with Crippen LogP contribution in [0.5, 0.6) is 0 Å². The smallest absolute Gasteiger partial charge is 0.248 e. The van der Waals surface area contributed by atoms with E-state index in [9.17, 15) is 9.59 Å². The molecule has 23 heavy (non-hydrogen) atoms. The van der Waals surface area contributed by atoms with Crippen LogP contribution in [0.25, 0.3) is 0 Å². The molecule has 0 radical (unpaired) electrons. The second kappa shape index (κ2) is 6.90. The van der Waals surface area contributed by atoms with Crippen LogP contribution in [0, 0.1) is 12.3 Å². The van der Waals surface area contributed by atoms with E-state index in [1.54, 1.807) is 30.5 Å². The SMILES string of the molecule is Cc1noc([C@H](C)NC(=O)[C@H]2CSCN2C(=O)CC(C)(C)C)n1. The standard InChI is InChI=1S/C15H24N4O3S/c1-9(14-17-10(2)18-22-14)16-13(21)11-7-23-8-19(11)12(20)6-15(3,4)5/h9,11H,6-8H2,1-5H3,(H,16,21)/t9-,11+/m0/s1. The van der Waals surface area contributed by atoms with Crippen LogP contribution in [0.1, 0.15) is 51.9 Å². The number of aromatic nitrogens is 2. The van der Waals surface area contributed by atoms with Gasteiger partial charge in [0.05, 0.1) is 5.88 Å². The highest BCUT2D eigenvalue weighted by atomic mass is 32.2. The van der Waals surface area contributed by atoms with Crippen LogP contribution in [0.4, 0.5) is 0 Å². The fourth-order valence-electron chi connectivity index (χ4n) is 2.32. The molecular formula is C15H24N4O3S. The van der Waals surface area contributed by atoms with Gasteiger partial charge in [-0.15, -0.1) is 11.8 Å². The fraction of sp³-hybridized carbons (Fsp3) is 0.733. The van der Waals surface area contributed by atoms with Crippen LogP contribution in [-0.2, 0) is 9.59 Å². The third kappa shape index (κ3) is 4.70. The van der Waals surface area contributed by atoms with E-state index in [-0.39, 0.29) is 23.3 Å². The number of carbonyl (C=O) groups is 2. The highest BCUT2D eigenvalue weighted by Crippen LogP contribution is 2.27. The van der Waals surface area contributed by atoms with Crippen LogP contribution >= 0.6 is 11.8 Å². The molecule has 1 aliphatic heterocycles. The quantitative estimate of drug-likeness (QED) is 0.900. The van der Waals surface area contributed by atoms with Gasteiger partial charge >= 0.3 is 0 Å². The Balaban J connectivity index is 1.99. The van der Waals surface area contributed by atoms with Gasteiger partial charge in [-0.3, -0.25) is 9.59 Å². The van der Waals surface area contributed by atoms with Crippen molar-refractivity contribution in [3.63, 3.8) is 0 Å². The Morgan fingerprint density at radius 3 is 2.74 bits per heavy atom. The highest BCUT2D eigenvalue weighted by Gasteiger charge is 2.36. The molecule has 1 fully saturated rings. The number of carbonyl (C=O) groups excluding carboxylic acids is 2. The molecule has 1 aromatic rings. The van der Waals surface area contributed by atoms with Crippen molar-refractivity contribution in [3.8, 4) is 0 Å². The van der Waals surface area contributed by atoms with E-state index in [0.29, 0.717) is 29.8 Å². The first-order chi connectivity index (χ1) is 10.7. The molecule has 7 nitrogen and oxygen atoms in total. The second-order valence-corrected chi connectivity index (χ2v) is 8.03. The van der Waals surface area contributed by atoms with E-state index in [1.165, 1.54) is 0 Å². The molecule has 128 valence electrons. The van der Waals surface area contributed by atoms with Crippen molar-refractivity contribution in [1.82, 2.24) is 20.4 Å². The molecule has 0 spiro atoms. The minimum absolute atomic E-state index is 0.0175. The minimum Gasteiger partial charge on any atom is -0.343 e. The summed E-state index contributed by atoms with van der Waals surface area (Å²) >= 11 is 1.59. The predicted octanol–water partition coefficient (Wildman–Crippen LogP) is 1.89. The van der Waals surface area contributed by atoms with Gasteiger partial charge in [0, 0.05) is 12.2 Å². The van der Waals surface area contributed by atoms with Crippen molar-refractivity contribution in [1.29, 1.82) is 0 Å². The third-order valence-corrected chi connectivity index (χ3v) is 4.47. The first kappa shape index (κ1) is 17.8. The fourth-order valence-corrected chi connectivity index (χ4v) is 3.50. The molecular weight excluding hydrogens is 316 g/mol. The van der Waals surface area contributed by atoms with E-state index in [0.717, 1.165) is 0 Å². The van der Waals surface area contributed by atoms with Crippen molar-refractivity contribution in [3.05, 3.63) is 11.7 Å². The summed E-state index contributed by atoms with van der Waals surface area (Å²) in [6.07, 6.45) is 0.426. The summed E-state index contributed by atoms with van der Waals surface area (Å²) in [7, 11) is 0. The Hall–Kier alpha value is -1.57. The predicted molar refractivity (Wildman–Crippen MR) is 87.6 cm³/mol. The molecule has 0 saturated carbocycles. The molecule has 2 heterocycles. The molecule has 1 aromatic heterocycles. The summed E-state index contributed by atoms with van der Waals surface area (Å²) in [6, 6.07) is -0.824. The first-order valence-corrected chi connectivity index (χ1v) is 8.80. The zero-order chi connectivity index (χ0) is 17.2. The summed E-state index contributed by atoms with van der Waals surface area (Å²) in [5.41, 5.74) is -0.0973. The number of nitrogens with one attached hydrogen (secondary N) is 1. The summed E-state index contributed by atoms with van der Waals surface area (Å²) in [6.45, 7) is 9.56. The van der Waals surface area contributed by atoms with Gasteiger partial charge in [0.1, 0.15) is 12.1 Å². The average Bonchev–Trinajstić information content (AvgIpc) is 3.04. The lowest BCUT2D eigenvalue weighted by molar-refractivity contribution is -0.139. The number of rotatable bonds is 4. The van der Waals surface area contributed by atoms with Gasteiger partial charge in [-0.05, 0) is 19.3 Å². The Kier molecular flexibility index (Phi) is 5.33. The normalized spacial score (nSPS) is 19.7. The van der Waals surface area contributed by atoms with Crippen LogP contribution in [0.15, 0.2) is 4.52 Å². The molecule has 2 amide bonds.